The minimum Gasteiger partial charge on any atom is -0.496 e. The molecule has 0 aliphatic rings. The number of rotatable bonds is 2. The van der Waals surface area contributed by atoms with E-state index >= 15 is 0 Å². The fourth-order valence-corrected chi connectivity index (χ4v) is 1.67. The average Bonchev–Trinajstić information content (AvgIpc) is 2.01. The number of halogens is 1. The van der Waals surface area contributed by atoms with E-state index in [1.807, 2.05) is 0 Å². The van der Waals surface area contributed by atoms with Crippen LogP contribution < -0.4 is 4.74 Å². The summed E-state index contributed by atoms with van der Waals surface area (Å²) < 4.78 is 5.11. The molecule has 0 atom stereocenters. The highest BCUT2D eigenvalue weighted by atomic mass is 35.5. The molecular weight excluding hydrogens is 188 g/mol. The van der Waals surface area contributed by atoms with Crippen LogP contribution in [0.2, 0.25) is 5.02 Å². The van der Waals surface area contributed by atoms with Gasteiger partial charge in [-0.15, -0.1) is 0 Å². The second-order valence-electron chi connectivity index (χ2n) is 3.38. The second-order valence-corrected chi connectivity index (χ2v) is 3.78. The van der Waals surface area contributed by atoms with Crippen molar-refractivity contribution in [3.05, 3.63) is 28.8 Å². The summed E-state index contributed by atoms with van der Waals surface area (Å²) >= 11 is 5.95. The Morgan fingerprint density at radius 3 is 2.38 bits per heavy atom. The van der Waals surface area contributed by atoms with Gasteiger partial charge >= 0.3 is 0 Å². The number of methoxy groups -OCH3 is 1. The predicted octanol–water partition coefficient (Wildman–Crippen LogP) is 2.58. The number of ether oxygens (including phenoxy) is 1. The molecular formula is C10H13ClO2. The highest BCUT2D eigenvalue weighted by Gasteiger charge is 2.23. The third kappa shape index (κ3) is 2.14. The van der Waals surface area contributed by atoms with Crippen LogP contribution >= 0.6 is 11.6 Å². The van der Waals surface area contributed by atoms with Gasteiger partial charge in [-0.3, -0.25) is 0 Å². The summed E-state index contributed by atoms with van der Waals surface area (Å²) in [7, 11) is 1.56. The predicted molar refractivity (Wildman–Crippen MR) is 53.2 cm³/mol. The van der Waals surface area contributed by atoms with Crippen LogP contribution in [0.1, 0.15) is 19.4 Å². The number of hydrogen-bond acceptors (Lipinski definition) is 2. The van der Waals surface area contributed by atoms with Crippen molar-refractivity contribution in [1.82, 2.24) is 0 Å². The Morgan fingerprint density at radius 2 is 2.00 bits per heavy atom. The zero-order valence-electron chi connectivity index (χ0n) is 7.97. The highest BCUT2D eigenvalue weighted by Crippen LogP contribution is 2.35. The summed E-state index contributed by atoms with van der Waals surface area (Å²) in [6.45, 7) is 3.35. The molecule has 0 aliphatic carbocycles. The first-order valence-corrected chi connectivity index (χ1v) is 4.40. The van der Waals surface area contributed by atoms with Gasteiger partial charge in [0.1, 0.15) is 5.75 Å². The molecule has 1 aromatic rings. The van der Waals surface area contributed by atoms with Crippen molar-refractivity contribution in [1.29, 1.82) is 0 Å². The molecule has 1 rings (SSSR count). The lowest BCUT2D eigenvalue weighted by atomic mass is 9.97. The van der Waals surface area contributed by atoms with Crippen LogP contribution in [0.3, 0.4) is 0 Å². The molecule has 0 amide bonds. The van der Waals surface area contributed by atoms with Crippen molar-refractivity contribution < 1.29 is 9.84 Å². The topological polar surface area (TPSA) is 29.5 Å². The first-order valence-electron chi connectivity index (χ1n) is 4.02. The normalized spacial score (nSPS) is 11.5. The first-order chi connectivity index (χ1) is 5.96. The summed E-state index contributed by atoms with van der Waals surface area (Å²) in [5.41, 5.74) is -0.358. The van der Waals surface area contributed by atoms with E-state index in [2.05, 4.69) is 0 Å². The molecule has 2 nitrogen and oxygen atoms in total. The molecule has 0 radical (unpaired) electrons. The standard InChI is InChI=1S/C10H13ClO2/c1-10(2,12)9-7(11)5-4-6-8(9)13-3/h4-6,12H,1-3H3. The minimum atomic E-state index is -0.982. The van der Waals surface area contributed by atoms with Crippen molar-refractivity contribution in [2.45, 2.75) is 19.4 Å². The van der Waals surface area contributed by atoms with Crippen LogP contribution in [-0.4, -0.2) is 12.2 Å². The molecule has 3 heteroatoms. The van der Waals surface area contributed by atoms with Gasteiger partial charge in [0.2, 0.25) is 0 Å². The molecule has 13 heavy (non-hydrogen) atoms. The molecule has 72 valence electrons. The van der Waals surface area contributed by atoms with Crippen molar-refractivity contribution in [2.24, 2.45) is 0 Å². The van der Waals surface area contributed by atoms with Crippen LogP contribution in [0, 0.1) is 0 Å². The summed E-state index contributed by atoms with van der Waals surface area (Å²) in [6, 6.07) is 5.30. The van der Waals surface area contributed by atoms with Gasteiger partial charge in [-0.1, -0.05) is 17.7 Å². The number of benzene rings is 1. The Kier molecular flexibility index (Phi) is 2.84. The molecule has 0 saturated carbocycles. The fourth-order valence-electron chi connectivity index (χ4n) is 1.27. The molecule has 0 fully saturated rings. The van der Waals surface area contributed by atoms with E-state index in [1.165, 1.54) is 0 Å². The van der Waals surface area contributed by atoms with Gasteiger partial charge in [0.25, 0.3) is 0 Å². The Bertz CT molecular complexity index is 302. The number of aliphatic hydroxyl groups is 1. The third-order valence-corrected chi connectivity index (χ3v) is 2.12. The van der Waals surface area contributed by atoms with Gasteiger partial charge in [-0.25, -0.2) is 0 Å². The smallest absolute Gasteiger partial charge is 0.126 e. The van der Waals surface area contributed by atoms with Crippen LogP contribution in [0.25, 0.3) is 0 Å². The maximum absolute atomic E-state index is 9.82. The van der Waals surface area contributed by atoms with Gasteiger partial charge in [0.15, 0.2) is 0 Å². The van der Waals surface area contributed by atoms with E-state index in [4.69, 9.17) is 16.3 Å². The van der Waals surface area contributed by atoms with Crippen LogP contribution in [0.5, 0.6) is 5.75 Å². The van der Waals surface area contributed by atoms with E-state index in [1.54, 1.807) is 39.2 Å². The van der Waals surface area contributed by atoms with Gasteiger partial charge in [0.05, 0.1) is 17.7 Å². The third-order valence-electron chi connectivity index (χ3n) is 1.81. The molecule has 0 bridgehead atoms. The van der Waals surface area contributed by atoms with Gasteiger partial charge in [0, 0.05) is 5.56 Å². The van der Waals surface area contributed by atoms with Crippen molar-refractivity contribution in [3.63, 3.8) is 0 Å². The van der Waals surface area contributed by atoms with Crippen LogP contribution in [0.4, 0.5) is 0 Å². The summed E-state index contributed by atoms with van der Waals surface area (Å²) in [6.07, 6.45) is 0. The monoisotopic (exact) mass is 200 g/mol. The van der Waals surface area contributed by atoms with E-state index in [0.29, 0.717) is 16.3 Å². The Labute approximate surface area is 83.1 Å². The van der Waals surface area contributed by atoms with Crippen molar-refractivity contribution in [2.75, 3.05) is 7.11 Å². The highest BCUT2D eigenvalue weighted by molar-refractivity contribution is 6.31. The van der Waals surface area contributed by atoms with E-state index in [0.717, 1.165) is 0 Å². The van der Waals surface area contributed by atoms with Crippen LogP contribution in [-0.2, 0) is 5.60 Å². The molecule has 0 aliphatic heterocycles. The molecule has 0 aromatic heterocycles. The van der Waals surface area contributed by atoms with E-state index in [9.17, 15) is 5.11 Å². The molecule has 1 aromatic carbocycles. The average molecular weight is 201 g/mol. The molecule has 0 heterocycles. The van der Waals surface area contributed by atoms with Crippen LogP contribution in [0.15, 0.2) is 18.2 Å². The zero-order valence-corrected chi connectivity index (χ0v) is 8.72. The molecule has 0 saturated heterocycles. The maximum Gasteiger partial charge on any atom is 0.126 e. The Hall–Kier alpha value is -0.730. The molecule has 0 spiro atoms. The first kappa shape index (κ1) is 10.4. The summed E-state index contributed by atoms with van der Waals surface area (Å²) in [4.78, 5) is 0. The molecule has 0 unspecified atom stereocenters. The van der Waals surface area contributed by atoms with Crippen molar-refractivity contribution >= 4 is 11.6 Å². The SMILES string of the molecule is COc1cccc(Cl)c1C(C)(C)O. The fraction of sp³-hybridized carbons (Fsp3) is 0.400. The van der Waals surface area contributed by atoms with Crippen molar-refractivity contribution in [3.8, 4) is 5.75 Å². The maximum atomic E-state index is 9.82. The molecule has 1 N–H and O–H groups in total. The minimum absolute atomic E-state index is 0.520. The lowest BCUT2D eigenvalue weighted by Crippen LogP contribution is -2.17. The Morgan fingerprint density at radius 1 is 1.38 bits per heavy atom. The van der Waals surface area contributed by atoms with E-state index < -0.39 is 5.60 Å². The lowest BCUT2D eigenvalue weighted by Gasteiger charge is -2.21. The van der Waals surface area contributed by atoms with E-state index in [-0.39, 0.29) is 0 Å². The van der Waals surface area contributed by atoms with Gasteiger partial charge in [-0.05, 0) is 26.0 Å². The lowest BCUT2D eigenvalue weighted by molar-refractivity contribution is 0.0758. The summed E-state index contributed by atoms with van der Waals surface area (Å²) in [5.74, 6) is 0.611. The van der Waals surface area contributed by atoms with Gasteiger partial charge in [-0.2, -0.15) is 0 Å². The quantitative estimate of drug-likeness (QED) is 0.795. The number of hydrogen-bond donors (Lipinski definition) is 1. The Balaban J connectivity index is 3.32. The summed E-state index contributed by atoms with van der Waals surface area (Å²) in [5, 5.41) is 10.3. The second kappa shape index (κ2) is 3.56. The zero-order chi connectivity index (χ0) is 10.1. The van der Waals surface area contributed by atoms with Gasteiger partial charge < -0.3 is 9.84 Å². The largest absolute Gasteiger partial charge is 0.496 e.